The maximum atomic E-state index is 4.85. The average Bonchev–Trinajstić information content (AvgIpc) is 3.10. The van der Waals surface area contributed by atoms with Gasteiger partial charge in [0.15, 0.2) is 7.28 Å². The lowest BCUT2D eigenvalue weighted by Crippen LogP contribution is -2.21. The second kappa shape index (κ2) is 9.80. The Hall–Kier alpha value is -1.25. The molecule has 3 heteroatoms. The van der Waals surface area contributed by atoms with E-state index in [1.165, 1.54) is 126 Å². The molecule has 0 atom stereocenters. The van der Waals surface area contributed by atoms with Gasteiger partial charge in [0.25, 0.3) is 0 Å². The summed E-state index contributed by atoms with van der Waals surface area (Å²) in [4.78, 5) is 8.59. The van der Waals surface area contributed by atoms with Gasteiger partial charge in [-0.25, -0.2) is 0 Å². The van der Waals surface area contributed by atoms with Crippen LogP contribution in [0.1, 0.15) is 108 Å². The van der Waals surface area contributed by atoms with Gasteiger partial charge in [0.2, 0.25) is 0 Å². The first-order chi connectivity index (χ1) is 13.4. The van der Waals surface area contributed by atoms with E-state index in [1.54, 1.807) is 0 Å². The first-order valence-corrected chi connectivity index (χ1v) is 11.9. The third-order valence-electron chi connectivity index (χ3n) is 7.11. The van der Waals surface area contributed by atoms with E-state index in [2.05, 4.69) is 23.3 Å². The number of pyridine rings is 1. The molecule has 2 nitrogen and oxygen atoms in total. The van der Waals surface area contributed by atoms with Gasteiger partial charge in [0.05, 0.1) is 11.0 Å². The molecule has 0 aromatic carbocycles. The zero-order valence-corrected chi connectivity index (χ0v) is 17.1. The predicted octanol–water partition coefficient (Wildman–Crippen LogP) is 6.38. The average molecular weight is 364 g/mol. The van der Waals surface area contributed by atoms with Gasteiger partial charge in [-0.1, -0.05) is 89.3 Å². The van der Waals surface area contributed by atoms with Gasteiger partial charge in [0.1, 0.15) is 0 Å². The van der Waals surface area contributed by atoms with Crippen LogP contribution in [0.4, 0.5) is 0 Å². The number of hydrogen-bond donors (Lipinski definition) is 1. The number of aromatic amines is 1. The van der Waals surface area contributed by atoms with Crippen LogP contribution < -0.4 is 5.59 Å². The Balaban J connectivity index is 1.45. The van der Waals surface area contributed by atoms with E-state index in [-0.39, 0.29) is 0 Å². The molecule has 2 aliphatic rings. The van der Waals surface area contributed by atoms with Gasteiger partial charge in [-0.15, -0.1) is 0 Å². The molecule has 2 saturated carbocycles. The quantitative estimate of drug-likeness (QED) is 0.629. The van der Waals surface area contributed by atoms with Gasteiger partial charge >= 0.3 is 0 Å². The summed E-state index contributed by atoms with van der Waals surface area (Å²) < 4.78 is 0. The fourth-order valence-corrected chi connectivity index (χ4v) is 5.44. The highest BCUT2D eigenvalue weighted by Crippen LogP contribution is 2.31. The molecule has 0 amide bonds. The van der Waals surface area contributed by atoms with Crippen LogP contribution in [0.15, 0.2) is 18.3 Å². The number of H-pyrrole nitrogens is 1. The van der Waals surface area contributed by atoms with Gasteiger partial charge in [0, 0.05) is 6.20 Å². The molecule has 0 aliphatic heterocycles. The Labute approximate surface area is 166 Å². The molecule has 27 heavy (non-hydrogen) atoms. The topological polar surface area (TPSA) is 28.7 Å². The third kappa shape index (κ3) is 5.39. The maximum Gasteiger partial charge on any atom is 0.182 e. The van der Waals surface area contributed by atoms with Crippen LogP contribution in [0.25, 0.3) is 11.0 Å². The van der Waals surface area contributed by atoms with Crippen molar-refractivity contribution in [2.75, 3.05) is 0 Å². The van der Waals surface area contributed by atoms with E-state index in [0.29, 0.717) is 0 Å². The van der Waals surface area contributed by atoms with E-state index >= 15 is 0 Å². The van der Waals surface area contributed by atoms with Crippen molar-refractivity contribution in [3.05, 3.63) is 23.9 Å². The molecule has 2 aliphatic carbocycles. The Morgan fingerprint density at radius 1 is 0.741 bits per heavy atom. The summed E-state index contributed by atoms with van der Waals surface area (Å²) >= 11 is 0. The second-order valence-electron chi connectivity index (χ2n) is 9.31. The van der Waals surface area contributed by atoms with E-state index in [1.807, 2.05) is 0 Å². The summed E-state index contributed by atoms with van der Waals surface area (Å²) in [6, 6.07) is 4.74. The molecule has 0 bridgehead atoms. The molecule has 2 aromatic heterocycles. The minimum atomic E-state index is 0.720. The highest BCUT2D eigenvalue weighted by atomic mass is 14.8. The van der Waals surface area contributed by atoms with Crippen LogP contribution in [0.3, 0.4) is 0 Å². The summed E-state index contributed by atoms with van der Waals surface area (Å²) in [7, 11) is 1.22. The summed E-state index contributed by atoms with van der Waals surface area (Å²) in [5.41, 5.74) is 5.33. The molecular weight excluding hydrogens is 327 g/mol. The number of rotatable bonds is 3. The Bertz CT molecular complexity index is 689. The van der Waals surface area contributed by atoms with E-state index < -0.39 is 0 Å². The van der Waals surface area contributed by atoms with Crippen molar-refractivity contribution in [2.24, 2.45) is 0 Å². The number of aromatic nitrogens is 2. The number of nitrogens with zero attached hydrogens (tertiary/aromatic N) is 1. The lowest BCUT2D eigenvalue weighted by molar-refractivity contribution is 0.502. The van der Waals surface area contributed by atoms with Crippen LogP contribution in [-0.4, -0.2) is 17.2 Å². The Morgan fingerprint density at radius 2 is 1.33 bits per heavy atom. The van der Waals surface area contributed by atoms with Crippen LogP contribution in [-0.2, 0) is 0 Å². The van der Waals surface area contributed by atoms with Gasteiger partial charge in [-0.05, 0) is 42.0 Å². The first-order valence-electron chi connectivity index (χ1n) is 11.9. The number of nitrogens with one attached hydrogen (secondary N) is 1. The van der Waals surface area contributed by atoms with Crippen molar-refractivity contribution in [3.63, 3.8) is 0 Å². The summed E-state index contributed by atoms with van der Waals surface area (Å²) in [6.07, 6.45) is 23.4. The molecule has 0 saturated heterocycles. The Kier molecular flexibility index (Phi) is 6.93. The SMILES string of the molecule is B(c1cc2ncc(C3CCCCCCCC3)cc2[nH]1)C1CCCCCCC1. The van der Waals surface area contributed by atoms with Gasteiger partial charge in [-0.2, -0.15) is 0 Å². The van der Waals surface area contributed by atoms with E-state index in [0.717, 1.165) is 11.7 Å². The zero-order valence-electron chi connectivity index (χ0n) is 17.1. The lowest BCUT2D eigenvalue weighted by Gasteiger charge is -2.17. The van der Waals surface area contributed by atoms with Crippen molar-refractivity contribution < 1.29 is 0 Å². The first kappa shape index (κ1) is 19.1. The third-order valence-corrected chi connectivity index (χ3v) is 7.11. The van der Waals surface area contributed by atoms with E-state index in [4.69, 9.17) is 4.98 Å². The van der Waals surface area contributed by atoms with E-state index in [9.17, 15) is 0 Å². The van der Waals surface area contributed by atoms with Crippen LogP contribution in [0, 0.1) is 0 Å². The van der Waals surface area contributed by atoms with Crippen molar-refractivity contribution in [3.8, 4) is 0 Å². The fourth-order valence-electron chi connectivity index (χ4n) is 5.44. The lowest BCUT2D eigenvalue weighted by atomic mass is 9.58. The summed E-state index contributed by atoms with van der Waals surface area (Å²) in [5, 5.41) is 0. The normalized spacial score (nSPS) is 21.8. The minimum Gasteiger partial charge on any atom is -0.366 e. The van der Waals surface area contributed by atoms with Crippen LogP contribution >= 0.6 is 0 Å². The molecule has 2 heterocycles. The largest absolute Gasteiger partial charge is 0.366 e. The molecular formula is C24H37BN2. The highest BCUT2D eigenvalue weighted by Gasteiger charge is 2.17. The van der Waals surface area contributed by atoms with Crippen molar-refractivity contribution >= 4 is 23.9 Å². The van der Waals surface area contributed by atoms with Crippen LogP contribution in [0.5, 0.6) is 0 Å². The van der Waals surface area contributed by atoms with Crippen molar-refractivity contribution in [2.45, 2.75) is 108 Å². The fraction of sp³-hybridized carbons (Fsp3) is 0.708. The highest BCUT2D eigenvalue weighted by molar-refractivity contribution is 6.54. The minimum absolute atomic E-state index is 0.720. The Morgan fingerprint density at radius 3 is 2.00 bits per heavy atom. The molecule has 2 aromatic rings. The molecule has 0 unspecified atom stereocenters. The molecule has 1 N–H and O–H groups in total. The molecule has 146 valence electrons. The summed E-state index contributed by atoms with van der Waals surface area (Å²) in [6.45, 7) is 0. The number of hydrogen-bond acceptors (Lipinski definition) is 1. The van der Waals surface area contributed by atoms with Crippen molar-refractivity contribution in [1.82, 2.24) is 9.97 Å². The monoisotopic (exact) mass is 364 g/mol. The van der Waals surface area contributed by atoms with Crippen LogP contribution in [0.2, 0.25) is 5.82 Å². The molecule has 0 radical (unpaired) electrons. The smallest absolute Gasteiger partial charge is 0.182 e. The molecule has 2 fully saturated rings. The molecule has 0 spiro atoms. The zero-order chi connectivity index (χ0) is 18.3. The number of fused-ring (bicyclic) bond motifs is 1. The predicted molar refractivity (Wildman–Crippen MR) is 119 cm³/mol. The second-order valence-corrected chi connectivity index (χ2v) is 9.31. The summed E-state index contributed by atoms with van der Waals surface area (Å²) in [5.74, 6) is 1.59. The molecule has 4 rings (SSSR count). The maximum absolute atomic E-state index is 4.85. The van der Waals surface area contributed by atoms with Gasteiger partial charge in [-0.3, -0.25) is 4.98 Å². The van der Waals surface area contributed by atoms with Crippen molar-refractivity contribution in [1.29, 1.82) is 0 Å². The van der Waals surface area contributed by atoms with Gasteiger partial charge < -0.3 is 4.98 Å². The standard InChI is InChI=1S/C24H37BN2/c1-2-5-9-13-19(12-8-4-1)20-16-23-22(26-18-20)17-24(27-23)25-21-14-10-6-3-7-11-15-21/h16-19,21,25,27H,1-15H2.